The first-order valence-electron chi connectivity index (χ1n) is 7.13. The van der Waals surface area contributed by atoms with Gasteiger partial charge in [0.05, 0.1) is 5.56 Å². The van der Waals surface area contributed by atoms with Gasteiger partial charge in [0.1, 0.15) is 11.6 Å². The average Bonchev–Trinajstić information content (AvgIpc) is 2.49. The summed E-state index contributed by atoms with van der Waals surface area (Å²) in [5, 5.41) is 3.26. The number of nitrogens with one attached hydrogen (secondary N) is 1. The second-order valence-corrected chi connectivity index (χ2v) is 5.40. The predicted molar refractivity (Wildman–Crippen MR) is 77.4 cm³/mol. The molecule has 1 fully saturated rings. The van der Waals surface area contributed by atoms with Gasteiger partial charge in [-0.3, -0.25) is 9.69 Å². The van der Waals surface area contributed by atoms with Crippen LogP contribution in [-0.2, 0) is 0 Å². The van der Waals surface area contributed by atoms with Gasteiger partial charge in [-0.15, -0.1) is 0 Å². The zero-order valence-electron chi connectivity index (χ0n) is 12.5. The molecular formula is C15H21F2N3O. The van der Waals surface area contributed by atoms with Crippen LogP contribution in [0.2, 0.25) is 0 Å². The van der Waals surface area contributed by atoms with E-state index in [1.807, 2.05) is 0 Å². The van der Waals surface area contributed by atoms with Crippen LogP contribution in [0.5, 0.6) is 0 Å². The summed E-state index contributed by atoms with van der Waals surface area (Å²) < 4.78 is 27.0. The van der Waals surface area contributed by atoms with Crippen LogP contribution in [0, 0.1) is 18.6 Å². The summed E-state index contributed by atoms with van der Waals surface area (Å²) >= 11 is 0. The molecule has 4 nitrogen and oxygen atoms in total. The standard InChI is InChI=1S/C15H21F2N3O/c1-11-9-12(14(17)10-13(11)16)15(21)19(2)7-8-20-5-3-18-4-6-20/h9-10,18H,3-8H2,1-2H3. The number of hydrogen-bond acceptors (Lipinski definition) is 3. The molecule has 0 atom stereocenters. The van der Waals surface area contributed by atoms with E-state index in [2.05, 4.69) is 10.2 Å². The summed E-state index contributed by atoms with van der Waals surface area (Å²) in [4.78, 5) is 16.0. The topological polar surface area (TPSA) is 35.6 Å². The van der Waals surface area contributed by atoms with E-state index in [1.54, 1.807) is 7.05 Å². The number of amides is 1. The third kappa shape index (κ3) is 3.98. The molecule has 1 heterocycles. The summed E-state index contributed by atoms with van der Waals surface area (Å²) in [6, 6.07) is 2.04. The SMILES string of the molecule is Cc1cc(C(=O)N(C)CCN2CCNCC2)c(F)cc1F. The Labute approximate surface area is 123 Å². The van der Waals surface area contributed by atoms with Gasteiger partial charge in [-0.25, -0.2) is 8.78 Å². The van der Waals surface area contributed by atoms with Crippen molar-refractivity contribution in [3.05, 3.63) is 34.9 Å². The molecule has 0 radical (unpaired) electrons. The Bertz CT molecular complexity index is 516. The fourth-order valence-electron chi connectivity index (χ4n) is 2.35. The number of hydrogen-bond donors (Lipinski definition) is 1. The van der Waals surface area contributed by atoms with Crippen LogP contribution in [0.1, 0.15) is 15.9 Å². The van der Waals surface area contributed by atoms with Gasteiger partial charge in [0.15, 0.2) is 0 Å². The van der Waals surface area contributed by atoms with E-state index >= 15 is 0 Å². The zero-order valence-corrected chi connectivity index (χ0v) is 12.5. The van der Waals surface area contributed by atoms with Crippen molar-refractivity contribution in [1.82, 2.24) is 15.1 Å². The first kappa shape index (κ1) is 15.9. The summed E-state index contributed by atoms with van der Waals surface area (Å²) in [6.07, 6.45) is 0. The smallest absolute Gasteiger partial charge is 0.256 e. The quantitative estimate of drug-likeness (QED) is 0.908. The van der Waals surface area contributed by atoms with Crippen molar-refractivity contribution in [1.29, 1.82) is 0 Å². The van der Waals surface area contributed by atoms with Crippen LogP contribution in [0.3, 0.4) is 0 Å². The van der Waals surface area contributed by atoms with Gasteiger partial charge in [-0.05, 0) is 18.6 Å². The molecule has 1 N–H and O–H groups in total. The zero-order chi connectivity index (χ0) is 15.4. The highest BCUT2D eigenvalue weighted by molar-refractivity contribution is 5.94. The van der Waals surface area contributed by atoms with Gasteiger partial charge in [0, 0.05) is 52.4 Å². The van der Waals surface area contributed by atoms with Crippen molar-refractivity contribution in [2.45, 2.75) is 6.92 Å². The molecule has 21 heavy (non-hydrogen) atoms. The molecule has 1 aliphatic heterocycles. The van der Waals surface area contributed by atoms with Gasteiger partial charge in [0.2, 0.25) is 0 Å². The molecule has 2 rings (SSSR count). The van der Waals surface area contributed by atoms with Gasteiger partial charge in [-0.1, -0.05) is 0 Å². The molecule has 0 aromatic heterocycles. The lowest BCUT2D eigenvalue weighted by molar-refractivity contribution is 0.0770. The Hall–Kier alpha value is -1.53. The van der Waals surface area contributed by atoms with Crippen molar-refractivity contribution < 1.29 is 13.6 Å². The second-order valence-electron chi connectivity index (χ2n) is 5.40. The monoisotopic (exact) mass is 297 g/mol. The van der Waals surface area contributed by atoms with E-state index in [0.29, 0.717) is 6.54 Å². The van der Waals surface area contributed by atoms with E-state index in [1.165, 1.54) is 17.9 Å². The Morgan fingerprint density at radius 3 is 2.62 bits per heavy atom. The normalized spacial score (nSPS) is 16.0. The number of benzene rings is 1. The van der Waals surface area contributed by atoms with Crippen LogP contribution in [0.15, 0.2) is 12.1 Å². The highest BCUT2D eigenvalue weighted by Gasteiger charge is 2.19. The number of halogens is 2. The van der Waals surface area contributed by atoms with Gasteiger partial charge in [-0.2, -0.15) is 0 Å². The number of carbonyl (C=O) groups excluding carboxylic acids is 1. The maximum atomic E-state index is 13.7. The lowest BCUT2D eigenvalue weighted by Gasteiger charge is -2.29. The fourth-order valence-corrected chi connectivity index (χ4v) is 2.35. The predicted octanol–water partition coefficient (Wildman–Crippen LogP) is 1.25. The maximum absolute atomic E-state index is 13.7. The van der Waals surface area contributed by atoms with Gasteiger partial charge < -0.3 is 10.2 Å². The van der Waals surface area contributed by atoms with Crippen molar-refractivity contribution in [3.8, 4) is 0 Å². The van der Waals surface area contributed by atoms with Gasteiger partial charge in [0.25, 0.3) is 5.91 Å². The van der Waals surface area contributed by atoms with E-state index in [9.17, 15) is 13.6 Å². The number of piperazine rings is 1. The molecule has 1 aromatic carbocycles. The molecule has 0 unspecified atom stereocenters. The molecule has 0 spiro atoms. The van der Waals surface area contributed by atoms with Crippen LogP contribution >= 0.6 is 0 Å². The van der Waals surface area contributed by atoms with Crippen LogP contribution < -0.4 is 5.32 Å². The molecule has 0 saturated carbocycles. The Kier molecular flexibility index (Phi) is 5.25. The molecular weight excluding hydrogens is 276 g/mol. The fraction of sp³-hybridized carbons (Fsp3) is 0.533. The summed E-state index contributed by atoms with van der Waals surface area (Å²) in [6.45, 7) is 6.59. The number of aryl methyl sites for hydroxylation is 1. The molecule has 0 bridgehead atoms. The number of nitrogens with zero attached hydrogens (tertiary/aromatic N) is 2. The van der Waals surface area contributed by atoms with E-state index < -0.39 is 17.5 Å². The largest absolute Gasteiger partial charge is 0.340 e. The van der Waals surface area contributed by atoms with E-state index in [-0.39, 0.29) is 11.1 Å². The average molecular weight is 297 g/mol. The van der Waals surface area contributed by atoms with E-state index in [0.717, 1.165) is 38.8 Å². The van der Waals surface area contributed by atoms with Crippen LogP contribution in [-0.4, -0.2) is 62.0 Å². The lowest BCUT2D eigenvalue weighted by atomic mass is 10.1. The first-order valence-corrected chi connectivity index (χ1v) is 7.13. The molecule has 6 heteroatoms. The van der Waals surface area contributed by atoms with Crippen LogP contribution in [0.4, 0.5) is 8.78 Å². The van der Waals surface area contributed by atoms with Crippen molar-refractivity contribution in [2.75, 3.05) is 46.3 Å². The minimum absolute atomic E-state index is 0.0725. The summed E-state index contributed by atoms with van der Waals surface area (Å²) in [5.41, 5.74) is 0.201. The third-order valence-corrected chi connectivity index (χ3v) is 3.79. The maximum Gasteiger partial charge on any atom is 0.256 e. The highest BCUT2D eigenvalue weighted by atomic mass is 19.1. The molecule has 0 aliphatic carbocycles. The minimum Gasteiger partial charge on any atom is -0.340 e. The Morgan fingerprint density at radius 2 is 1.95 bits per heavy atom. The third-order valence-electron chi connectivity index (χ3n) is 3.79. The lowest BCUT2D eigenvalue weighted by Crippen LogP contribution is -2.46. The second kappa shape index (κ2) is 6.95. The minimum atomic E-state index is -0.808. The molecule has 116 valence electrons. The molecule has 1 aromatic rings. The Morgan fingerprint density at radius 1 is 1.29 bits per heavy atom. The molecule has 1 aliphatic rings. The number of rotatable bonds is 4. The Balaban J connectivity index is 1.97. The molecule has 1 saturated heterocycles. The van der Waals surface area contributed by atoms with Crippen molar-refractivity contribution in [2.24, 2.45) is 0 Å². The number of likely N-dealkylation sites (N-methyl/N-ethyl adjacent to an activating group) is 1. The number of carbonyl (C=O) groups is 1. The van der Waals surface area contributed by atoms with E-state index in [4.69, 9.17) is 0 Å². The molecule has 1 amide bonds. The highest BCUT2D eigenvalue weighted by Crippen LogP contribution is 2.15. The van der Waals surface area contributed by atoms with Crippen molar-refractivity contribution >= 4 is 5.91 Å². The summed E-state index contributed by atoms with van der Waals surface area (Å²) in [5.74, 6) is -1.85. The summed E-state index contributed by atoms with van der Waals surface area (Å²) in [7, 11) is 1.64. The van der Waals surface area contributed by atoms with Gasteiger partial charge >= 0.3 is 0 Å². The first-order chi connectivity index (χ1) is 9.99. The van der Waals surface area contributed by atoms with Crippen molar-refractivity contribution in [3.63, 3.8) is 0 Å². The van der Waals surface area contributed by atoms with Crippen LogP contribution in [0.25, 0.3) is 0 Å².